The molecule has 4 aromatic rings. The quantitative estimate of drug-likeness (QED) is 0.251. The van der Waals surface area contributed by atoms with Gasteiger partial charge in [-0.25, -0.2) is 9.67 Å². The summed E-state index contributed by atoms with van der Waals surface area (Å²) < 4.78 is 2.01. The second-order valence-electron chi connectivity index (χ2n) is 7.85. The number of benzene rings is 2. The third kappa shape index (κ3) is 5.13. The maximum absolute atomic E-state index is 5.16. The highest BCUT2D eigenvalue weighted by Crippen LogP contribution is 2.30. The Bertz CT molecular complexity index is 1120. The van der Waals surface area contributed by atoms with Crippen LogP contribution in [-0.4, -0.2) is 40.8 Å². The van der Waals surface area contributed by atoms with E-state index in [9.17, 15) is 0 Å². The van der Waals surface area contributed by atoms with E-state index in [0.717, 1.165) is 35.4 Å². The Labute approximate surface area is 193 Å². The Morgan fingerprint density at radius 3 is 2.59 bits per heavy atom. The summed E-state index contributed by atoms with van der Waals surface area (Å²) in [4.78, 5) is 4.58. The van der Waals surface area contributed by atoms with Gasteiger partial charge in [-0.1, -0.05) is 86.9 Å². The standard InChI is InChI=1S/C24H27N7S/c1-2-3-4-7-20(14-15-32)24-25-17-26-31(24)16-18-10-12-19(13-11-18)21-8-5-6-9-22(21)23-27-29-30-28-23/h5-6,8-13,15,17,20H,2-4,7,14,16H2,1H3,(H,27,28,29,30). The first-order chi connectivity index (χ1) is 15.8. The molecule has 0 bridgehead atoms. The molecule has 0 saturated heterocycles. The lowest BCUT2D eigenvalue weighted by Crippen LogP contribution is -2.12. The summed E-state index contributed by atoms with van der Waals surface area (Å²) in [6, 6.07) is 16.6. The van der Waals surface area contributed by atoms with E-state index in [1.165, 1.54) is 24.8 Å². The Morgan fingerprint density at radius 2 is 1.88 bits per heavy atom. The van der Waals surface area contributed by atoms with Gasteiger partial charge in [0.1, 0.15) is 12.2 Å². The normalized spacial score (nSPS) is 12.0. The van der Waals surface area contributed by atoms with Crippen molar-refractivity contribution >= 4 is 17.6 Å². The number of aromatic nitrogens is 7. The van der Waals surface area contributed by atoms with Gasteiger partial charge in [0.15, 0.2) is 0 Å². The first-order valence-corrected chi connectivity index (χ1v) is 11.5. The Morgan fingerprint density at radius 1 is 1.06 bits per heavy atom. The van der Waals surface area contributed by atoms with E-state index in [2.05, 4.69) is 68.0 Å². The minimum Gasteiger partial charge on any atom is -0.245 e. The summed E-state index contributed by atoms with van der Waals surface area (Å²) in [6.45, 7) is 2.91. The van der Waals surface area contributed by atoms with Crippen molar-refractivity contribution in [3.05, 3.63) is 66.2 Å². The molecule has 0 fully saturated rings. The van der Waals surface area contributed by atoms with Crippen LogP contribution in [-0.2, 0) is 6.54 Å². The summed E-state index contributed by atoms with van der Waals surface area (Å²) in [5.41, 5.74) is 4.29. The largest absolute Gasteiger partial charge is 0.245 e. The van der Waals surface area contributed by atoms with Crippen LogP contribution < -0.4 is 0 Å². The predicted molar refractivity (Wildman–Crippen MR) is 129 cm³/mol. The number of nitrogens with one attached hydrogen (secondary N) is 1. The summed E-state index contributed by atoms with van der Waals surface area (Å²) in [7, 11) is 0. The fourth-order valence-electron chi connectivity index (χ4n) is 3.99. The van der Waals surface area contributed by atoms with Crippen molar-refractivity contribution in [1.29, 1.82) is 0 Å². The van der Waals surface area contributed by atoms with Gasteiger partial charge in [-0.05, 0) is 40.1 Å². The number of thiocarbonyl (C=S) groups is 1. The number of hydrogen-bond donors (Lipinski definition) is 1. The van der Waals surface area contributed by atoms with Crippen LogP contribution in [0.3, 0.4) is 0 Å². The molecule has 0 saturated carbocycles. The van der Waals surface area contributed by atoms with Crippen molar-refractivity contribution < 1.29 is 0 Å². The molecular weight excluding hydrogens is 418 g/mol. The molecule has 0 aliphatic carbocycles. The molecule has 32 heavy (non-hydrogen) atoms. The fraction of sp³-hybridized carbons (Fsp3) is 0.333. The number of tetrazole rings is 1. The van der Waals surface area contributed by atoms with Crippen molar-refractivity contribution in [3.8, 4) is 22.5 Å². The van der Waals surface area contributed by atoms with Crippen LogP contribution in [0.15, 0.2) is 54.9 Å². The Hall–Kier alpha value is -3.26. The van der Waals surface area contributed by atoms with E-state index in [4.69, 9.17) is 12.2 Å². The maximum Gasteiger partial charge on any atom is 0.205 e. The minimum absolute atomic E-state index is 0.322. The highest BCUT2D eigenvalue weighted by Gasteiger charge is 2.17. The van der Waals surface area contributed by atoms with Gasteiger partial charge in [-0.3, -0.25) is 0 Å². The lowest BCUT2D eigenvalue weighted by atomic mass is 9.97. The third-order valence-electron chi connectivity index (χ3n) is 5.66. The number of aromatic amines is 1. The van der Waals surface area contributed by atoms with Crippen molar-refractivity contribution in [2.45, 2.75) is 51.5 Å². The van der Waals surface area contributed by atoms with E-state index < -0.39 is 0 Å². The van der Waals surface area contributed by atoms with E-state index in [-0.39, 0.29) is 0 Å². The van der Waals surface area contributed by atoms with Crippen LogP contribution in [0.2, 0.25) is 0 Å². The Balaban J connectivity index is 1.53. The fourth-order valence-corrected chi connectivity index (χ4v) is 4.22. The maximum atomic E-state index is 5.16. The minimum atomic E-state index is 0.322. The van der Waals surface area contributed by atoms with Gasteiger partial charge < -0.3 is 0 Å². The molecule has 2 aromatic carbocycles. The first-order valence-electron chi connectivity index (χ1n) is 11.0. The molecule has 1 unspecified atom stereocenters. The predicted octanol–water partition coefficient (Wildman–Crippen LogP) is 5.23. The molecular formula is C24H27N7S. The molecule has 7 nitrogen and oxygen atoms in total. The van der Waals surface area contributed by atoms with Crippen molar-refractivity contribution in [3.63, 3.8) is 0 Å². The van der Waals surface area contributed by atoms with Crippen LogP contribution in [0.1, 0.15) is 56.3 Å². The van der Waals surface area contributed by atoms with E-state index in [0.29, 0.717) is 18.3 Å². The monoisotopic (exact) mass is 445 g/mol. The lowest BCUT2D eigenvalue weighted by Gasteiger charge is -2.16. The summed E-state index contributed by atoms with van der Waals surface area (Å²) in [5, 5.41) is 20.8. The van der Waals surface area contributed by atoms with Gasteiger partial charge in [0, 0.05) is 11.5 Å². The number of H-pyrrole nitrogens is 1. The zero-order valence-corrected chi connectivity index (χ0v) is 19.0. The lowest BCUT2D eigenvalue weighted by molar-refractivity contribution is 0.519. The number of nitrogens with zero attached hydrogens (tertiary/aromatic N) is 6. The second kappa shape index (κ2) is 10.9. The molecule has 0 aliphatic rings. The first kappa shape index (κ1) is 22.0. The SMILES string of the molecule is CCCCCC(CC=S)c1ncnn1Cc1ccc(-c2ccccc2-c2nn[nH]n2)cc1. The van der Waals surface area contributed by atoms with Gasteiger partial charge in [0.05, 0.1) is 6.54 Å². The molecule has 0 spiro atoms. The van der Waals surface area contributed by atoms with Crippen LogP contribution >= 0.6 is 12.2 Å². The summed E-state index contributed by atoms with van der Waals surface area (Å²) >= 11 is 5.16. The van der Waals surface area contributed by atoms with Crippen LogP contribution in [0.4, 0.5) is 0 Å². The molecule has 1 N–H and O–H groups in total. The number of unbranched alkanes of at least 4 members (excludes halogenated alkanes) is 2. The smallest absolute Gasteiger partial charge is 0.205 e. The zero-order chi connectivity index (χ0) is 22.2. The molecule has 164 valence electrons. The topological polar surface area (TPSA) is 85.2 Å². The average Bonchev–Trinajstić information content (AvgIpc) is 3.52. The van der Waals surface area contributed by atoms with Gasteiger partial charge in [-0.15, -0.1) is 10.2 Å². The molecule has 0 aliphatic heterocycles. The highest BCUT2D eigenvalue weighted by atomic mass is 32.1. The van der Waals surface area contributed by atoms with Crippen molar-refractivity contribution in [1.82, 2.24) is 35.4 Å². The number of rotatable bonds is 11. The van der Waals surface area contributed by atoms with Gasteiger partial charge in [-0.2, -0.15) is 10.3 Å². The molecule has 2 heterocycles. The van der Waals surface area contributed by atoms with Gasteiger partial charge in [0.25, 0.3) is 0 Å². The zero-order valence-electron chi connectivity index (χ0n) is 18.2. The van der Waals surface area contributed by atoms with E-state index in [1.807, 2.05) is 28.2 Å². The Kier molecular flexibility index (Phi) is 7.45. The van der Waals surface area contributed by atoms with Crippen LogP contribution in [0, 0.1) is 0 Å². The van der Waals surface area contributed by atoms with Gasteiger partial charge >= 0.3 is 0 Å². The molecule has 4 rings (SSSR count). The van der Waals surface area contributed by atoms with Crippen molar-refractivity contribution in [2.24, 2.45) is 0 Å². The van der Waals surface area contributed by atoms with Crippen LogP contribution in [0.25, 0.3) is 22.5 Å². The molecule has 1 atom stereocenters. The average molecular weight is 446 g/mol. The summed E-state index contributed by atoms with van der Waals surface area (Å²) in [6.07, 6.45) is 7.22. The molecule has 0 amide bonds. The molecule has 0 radical (unpaired) electrons. The number of hydrogen-bond acceptors (Lipinski definition) is 6. The van der Waals surface area contributed by atoms with Crippen LogP contribution in [0.5, 0.6) is 0 Å². The van der Waals surface area contributed by atoms with E-state index in [1.54, 1.807) is 6.33 Å². The molecule has 2 aromatic heterocycles. The van der Waals surface area contributed by atoms with Crippen molar-refractivity contribution in [2.75, 3.05) is 0 Å². The summed E-state index contributed by atoms with van der Waals surface area (Å²) in [5.74, 6) is 1.93. The van der Waals surface area contributed by atoms with Gasteiger partial charge in [0.2, 0.25) is 5.82 Å². The molecule has 8 heteroatoms. The highest BCUT2D eigenvalue weighted by molar-refractivity contribution is 7.78. The third-order valence-corrected chi connectivity index (χ3v) is 5.85. The van der Waals surface area contributed by atoms with E-state index >= 15 is 0 Å². The second-order valence-corrected chi connectivity index (χ2v) is 8.18.